The van der Waals surface area contributed by atoms with Crippen LogP contribution in [0.5, 0.6) is 0 Å². The second-order valence-corrected chi connectivity index (χ2v) is 4.62. The van der Waals surface area contributed by atoms with Gasteiger partial charge in [-0.1, -0.05) is 0 Å². The van der Waals surface area contributed by atoms with E-state index in [1.807, 2.05) is 0 Å². The molecule has 0 radical (unpaired) electrons. The maximum absolute atomic E-state index is 13.0. The van der Waals surface area contributed by atoms with Crippen LogP contribution in [0.15, 0.2) is 30.5 Å². The maximum atomic E-state index is 13.0. The minimum Gasteiger partial charge on any atom is -0.477 e. The summed E-state index contributed by atoms with van der Waals surface area (Å²) in [5.41, 5.74) is 0.145. The van der Waals surface area contributed by atoms with E-state index in [1.54, 1.807) is 0 Å². The zero-order valence-corrected chi connectivity index (χ0v) is 11.6. The van der Waals surface area contributed by atoms with Gasteiger partial charge in [-0.25, -0.2) is 22.9 Å². The Labute approximate surface area is 128 Å². The molecular formula is C15H11F3N2O3. The molecule has 1 aromatic heterocycles. The smallest absolute Gasteiger partial charge is 0.354 e. The van der Waals surface area contributed by atoms with Crippen LogP contribution in [0.25, 0.3) is 0 Å². The first-order chi connectivity index (χ1) is 10.9. The van der Waals surface area contributed by atoms with Gasteiger partial charge in [0.25, 0.3) is 5.91 Å². The Kier molecular flexibility index (Phi) is 4.95. The number of aromatic carboxylic acids is 1. The summed E-state index contributed by atoms with van der Waals surface area (Å²) >= 11 is 0. The normalized spacial score (nSPS) is 10.4. The molecule has 0 aliphatic carbocycles. The molecule has 0 bridgehead atoms. The minimum atomic E-state index is -1.54. The van der Waals surface area contributed by atoms with E-state index in [4.69, 9.17) is 5.11 Å². The van der Waals surface area contributed by atoms with Crippen molar-refractivity contribution in [2.24, 2.45) is 0 Å². The zero-order chi connectivity index (χ0) is 17.0. The van der Waals surface area contributed by atoms with Crippen molar-refractivity contribution < 1.29 is 27.9 Å². The fraction of sp³-hybridized carbons (Fsp3) is 0.133. The minimum absolute atomic E-state index is 0.0596. The van der Waals surface area contributed by atoms with Crippen molar-refractivity contribution >= 4 is 11.9 Å². The maximum Gasteiger partial charge on any atom is 0.354 e. The van der Waals surface area contributed by atoms with Gasteiger partial charge in [-0.3, -0.25) is 4.79 Å². The molecular weight excluding hydrogens is 313 g/mol. The zero-order valence-electron chi connectivity index (χ0n) is 11.6. The van der Waals surface area contributed by atoms with E-state index in [9.17, 15) is 22.8 Å². The van der Waals surface area contributed by atoms with Crippen molar-refractivity contribution in [2.75, 3.05) is 6.54 Å². The predicted octanol–water partition coefficient (Wildman–Crippen LogP) is 2.17. The highest BCUT2D eigenvalue weighted by Crippen LogP contribution is 2.13. The largest absolute Gasteiger partial charge is 0.477 e. The summed E-state index contributed by atoms with van der Waals surface area (Å²) in [7, 11) is 0. The van der Waals surface area contributed by atoms with E-state index in [2.05, 4.69) is 10.3 Å². The number of carboxylic acid groups (broad SMARTS) is 1. The number of nitrogens with one attached hydrogen (secondary N) is 1. The highest BCUT2D eigenvalue weighted by molar-refractivity contribution is 5.94. The first kappa shape index (κ1) is 16.5. The van der Waals surface area contributed by atoms with Gasteiger partial charge in [0.2, 0.25) is 0 Å². The average molecular weight is 324 g/mol. The Bertz CT molecular complexity index is 725. The van der Waals surface area contributed by atoms with E-state index >= 15 is 0 Å². The Morgan fingerprint density at radius 2 is 1.78 bits per heavy atom. The number of carbonyl (C=O) groups is 2. The van der Waals surface area contributed by atoms with Gasteiger partial charge in [0.1, 0.15) is 5.69 Å². The summed E-state index contributed by atoms with van der Waals surface area (Å²) in [6.07, 6.45) is 1.20. The van der Waals surface area contributed by atoms with Crippen LogP contribution in [0, 0.1) is 17.5 Å². The number of amides is 1. The van der Waals surface area contributed by atoms with E-state index in [0.29, 0.717) is 0 Å². The second kappa shape index (κ2) is 6.91. The molecule has 0 aliphatic rings. The third kappa shape index (κ3) is 4.06. The van der Waals surface area contributed by atoms with Gasteiger partial charge in [0.05, 0.1) is 5.56 Å². The summed E-state index contributed by atoms with van der Waals surface area (Å²) in [4.78, 5) is 26.0. The number of hydrogen-bond donors (Lipinski definition) is 2. The fourth-order valence-corrected chi connectivity index (χ4v) is 1.83. The van der Waals surface area contributed by atoms with E-state index < -0.39 is 29.3 Å². The molecule has 2 N–H and O–H groups in total. The molecule has 0 fully saturated rings. The van der Waals surface area contributed by atoms with Crippen LogP contribution in [0.3, 0.4) is 0 Å². The van der Waals surface area contributed by atoms with Crippen LogP contribution in [-0.2, 0) is 6.42 Å². The van der Waals surface area contributed by atoms with Crippen LogP contribution in [0.2, 0.25) is 0 Å². The molecule has 0 saturated heterocycles. The molecule has 0 spiro atoms. The number of pyridine rings is 1. The lowest BCUT2D eigenvalue weighted by Crippen LogP contribution is -2.26. The average Bonchev–Trinajstić information content (AvgIpc) is 2.52. The van der Waals surface area contributed by atoms with Crippen molar-refractivity contribution in [1.29, 1.82) is 0 Å². The number of carboxylic acids is 1. The summed E-state index contributed by atoms with van der Waals surface area (Å²) in [6.45, 7) is 0.0596. The highest BCUT2D eigenvalue weighted by Gasteiger charge is 2.11. The van der Waals surface area contributed by atoms with E-state index in [0.717, 1.165) is 18.3 Å². The third-order valence-electron chi connectivity index (χ3n) is 2.99. The molecule has 1 heterocycles. The van der Waals surface area contributed by atoms with E-state index in [-0.39, 0.29) is 29.8 Å². The third-order valence-corrected chi connectivity index (χ3v) is 2.99. The van der Waals surface area contributed by atoms with Gasteiger partial charge in [0.15, 0.2) is 17.5 Å². The molecule has 0 unspecified atom stereocenters. The van der Waals surface area contributed by atoms with Gasteiger partial charge >= 0.3 is 5.97 Å². The summed E-state index contributed by atoms with van der Waals surface area (Å²) in [5.74, 6) is -5.85. The lowest BCUT2D eigenvalue weighted by molar-refractivity contribution is 0.0689. The molecule has 5 nitrogen and oxygen atoms in total. The van der Waals surface area contributed by atoms with Crippen LogP contribution in [-0.4, -0.2) is 28.5 Å². The first-order valence-corrected chi connectivity index (χ1v) is 6.49. The molecule has 0 atom stereocenters. The van der Waals surface area contributed by atoms with Crippen molar-refractivity contribution in [1.82, 2.24) is 10.3 Å². The lowest BCUT2D eigenvalue weighted by atomic mass is 10.1. The number of rotatable bonds is 5. The predicted molar refractivity (Wildman–Crippen MR) is 73.5 cm³/mol. The van der Waals surface area contributed by atoms with Crippen LogP contribution in [0.4, 0.5) is 13.2 Å². The molecule has 120 valence electrons. The van der Waals surface area contributed by atoms with Crippen LogP contribution in [0.1, 0.15) is 26.4 Å². The molecule has 2 aromatic rings. The Balaban J connectivity index is 1.93. The Morgan fingerprint density at radius 1 is 1.13 bits per heavy atom. The molecule has 1 amide bonds. The molecule has 2 rings (SSSR count). The summed E-state index contributed by atoms with van der Waals surface area (Å²) < 4.78 is 38.9. The molecule has 0 aliphatic heterocycles. The van der Waals surface area contributed by atoms with Gasteiger partial charge in [-0.15, -0.1) is 0 Å². The van der Waals surface area contributed by atoms with Gasteiger partial charge in [-0.2, -0.15) is 0 Å². The van der Waals surface area contributed by atoms with Gasteiger partial charge in [-0.05, 0) is 36.2 Å². The van der Waals surface area contributed by atoms with Crippen molar-refractivity contribution in [3.63, 3.8) is 0 Å². The van der Waals surface area contributed by atoms with Crippen LogP contribution < -0.4 is 5.32 Å². The number of aromatic nitrogens is 1. The monoisotopic (exact) mass is 324 g/mol. The lowest BCUT2D eigenvalue weighted by Gasteiger charge is -2.06. The first-order valence-electron chi connectivity index (χ1n) is 6.49. The quantitative estimate of drug-likeness (QED) is 0.826. The van der Waals surface area contributed by atoms with Crippen LogP contribution >= 0.6 is 0 Å². The van der Waals surface area contributed by atoms with Gasteiger partial charge < -0.3 is 10.4 Å². The summed E-state index contributed by atoms with van der Waals surface area (Å²) in [6, 6.07) is 4.19. The number of nitrogens with zero attached hydrogens (tertiary/aromatic N) is 1. The van der Waals surface area contributed by atoms with Crippen molar-refractivity contribution in [3.8, 4) is 0 Å². The molecule has 0 saturated carbocycles. The number of halogens is 3. The number of benzene rings is 1. The number of hydrogen-bond acceptors (Lipinski definition) is 3. The van der Waals surface area contributed by atoms with Crippen molar-refractivity contribution in [2.45, 2.75) is 6.42 Å². The summed E-state index contributed by atoms with van der Waals surface area (Å²) in [5, 5.41) is 11.2. The van der Waals surface area contributed by atoms with Crippen molar-refractivity contribution in [3.05, 3.63) is 64.7 Å². The van der Waals surface area contributed by atoms with E-state index in [1.165, 1.54) is 12.1 Å². The molecule has 1 aromatic carbocycles. The second-order valence-electron chi connectivity index (χ2n) is 4.62. The molecule has 8 heteroatoms. The van der Waals surface area contributed by atoms with Gasteiger partial charge in [0, 0.05) is 12.7 Å². The SMILES string of the molecule is O=C(NCCc1cc(F)c(F)c(F)c1)c1ccc(C(=O)O)nc1. The number of carbonyl (C=O) groups excluding carboxylic acids is 1. The standard InChI is InChI=1S/C15H11F3N2O3/c16-10-5-8(6-11(17)13(10)18)3-4-19-14(21)9-1-2-12(15(22)23)20-7-9/h1-2,5-7H,3-4H2,(H,19,21)(H,22,23). The highest BCUT2D eigenvalue weighted by atomic mass is 19.2. The fourth-order valence-electron chi connectivity index (χ4n) is 1.83. The topological polar surface area (TPSA) is 79.3 Å². The molecule has 23 heavy (non-hydrogen) atoms. The Hall–Kier alpha value is -2.90. The Morgan fingerprint density at radius 3 is 2.30 bits per heavy atom.